The minimum atomic E-state index is -1.51. The molecule has 0 aliphatic rings. The van der Waals surface area contributed by atoms with Crippen LogP contribution in [0.4, 0.5) is 0 Å². The molecule has 0 radical (unpaired) electrons. The zero-order chi connectivity index (χ0) is 20.4. The zero-order valence-electron chi connectivity index (χ0n) is 16.4. The van der Waals surface area contributed by atoms with Gasteiger partial charge in [0.2, 0.25) is 5.91 Å². The molecule has 0 aromatic heterocycles. The number of aryl methyl sites for hydroxylation is 1. The smallest absolute Gasteiger partial charge is 0.458 e. The van der Waals surface area contributed by atoms with Gasteiger partial charge in [0.1, 0.15) is 11.6 Å². The number of amides is 1. The first-order valence-corrected chi connectivity index (χ1v) is 9.29. The van der Waals surface area contributed by atoms with Crippen LogP contribution in [-0.4, -0.2) is 47.2 Å². The Balaban J connectivity index is 2.59. The number of hydrogen-bond donors (Lipinski definition) is 4. The predicted molar refractivity (Wildman–Crippen MR) is 105 cm³/mol. The molecule has 0 aliphatic carbocycles. The van der Waals surface area contributed by atoms with Crippen molar-refractivity contribution in [1.29, 1.82) is 0 Å². The molecule has 1 aromatic rings. The molecule has 1 atom stereocenters. The van der Waals surface area contributed by atoms with Crippen molar-refractivity contribution in [3.8, 4) is 0 Å². The summed E-state index contributed by atoms with van der Waals surface area (Å²) in [6.07, 6.45) is 2.69. The Bertz CT molecular complexity index is 599. The van der Waals surface area contributed by atoms with E-state index in [1.807, 2.05) is 0 Å². The Labute approximate surface area is 161 Å². The van der Waals surface area contributed by atoms with Crippen LogP contribution >= 0.6 is 0 Å². The second-order valence-corrected chi connectivity index (χ2v) is 7.55. The molecule has 0 spiro atoms. The van der Waals surface area contributed by atoms with Crippen LogP contribution in [0.15, 0.2) is 24.3 Å². The van der Waals surface area contributed by atoms with Gasteiger partial charge in [-0.05, 0) is 64.0 Å². The van der Waals surface area contributed by atoms with E-state index in [0.717, 1.165) is 18.4 Å². The molecule has 1 rings (SSSR count). The fraction of sp³-hybridized carbons (Fsp3) is 0.579. The third kappa shape index (κ3) is 9.56. The van der Waals surface area contributed by atoms with Gasteiger partial charge < -0.3 is 25.8 Å². The molecular weight excluding hydrogens is 347 g/mol. The van der Waals surface area contributed by atoms with Crippen LogP contribution < -0.4 is 16.5 Å². The van der Waals surface area contributed by atoms with Gasteiger partial charge in [-0.3, -0.25) is 4.79 Å². The third-order valence-electron chi connectivity index (χ3n) is 3.89. The number of carbonyl (C=O) groups is 2. The first-order chi connectivity index (χ1) is 12.6. The Kier molecular flexibility index (Phi) is 9.48. The largest absolute Gasteiger partial charge is 0.488 e. The summed E-state index contributed by atoms with van der Waals surface area (Å²) in [7, 11) is -1.51. The van der Waals surface area contributed by atoms with E-state index in [2.05, 4.69) is 5.32 Å². The lowest BCUT2D eigenvalue weighted by molar-refractivity contribution is -0.158. The maximum absolute atomic E-state index is 12.3. The molecule has 1 amide bonds. The Morgan fingerprint density at radius 1 is 1.19 bits per heavy atom. The van der Waals surface area contributed by atoms with E-state index < -0.39 is 24.7 Å². The van der Waals surface area contributed by atoms with Crippen LogP contribution in [0.5, 0.6) is 0 Å². The number of hydrogen-bond acceptors (Lipinski definition) is 6. The van der Waals surface area contributed by atoms with Gasteiger partial charge in [0.15, 0.2) is 0 Å². The number of rotatable bonds is 10. The highest BCUT2D eigenvalue weighted by atomic mass is 16.6. The second-order valence-electron chi connectivity index (χ2n) is 7.55. The highest BCUT2D eigenvalue weighted by Crippen LogP contribution is 2.12. The van der Waals surface area contributed by atoms with Crippen molar-refractivity contribution in [1.82, 2.24) is 5.32 Å². The van der Waals surface area contributed by atoms with Gasteiger partial charge in [-0.2, -0.15) is 0 Å². The van der Waals surface area contributed by atoms with Gasteiger partial charge in [-0.1, -0.05) is 24.3 Å². The number of carbonyl (C=O) groups excluding carboxylic acids is 2. The monoisotopic (exact) mass is 378 g/mol. The van der Waals surface area contributed by atoms with Crippen LogP contribution in [0.25, 0.3) is 0 Å². The van der Waals surface area contributed by atoms with E-state index >= 15 is 0 Å². The first-order valence-electron chi connectivity index (χ1n) is 9.29. The molecule has 0 unspecified atom stereocenters. The number of ether oxygens (including phenoxy) is 1. The summed E-state index contributed by atoms with van der Waals surface area (Å²) in [6.45, 7) is 5.90. The van der Waals surface area contributed by atoms with Crippen LogP contribution in [0.2, 0.25) is 0 Å². The summed E-state index contributed by atoms with van der Waals surface area (Å²) in [5, 5.41) is 20.9. The van der Waals surface area contributed by atoms with Crippen molar-refractivity contribution in [3.63, 3.8) is 0 Å². The third-order valence-corrected chi connectivity index (χ3v) is 3.89. The topological polar surface area (TPSA) is 122 Å². The lowest BCUT2D eigenvalue weighted by Crippen LogP contribution is -2.44. The number of esters is 1. The lowest BCUT2D eigenvalue weighted by Gasteiger charge is -2.24. The van der Waals surface area contributed by atoms with E-state index in [-0.39, 0.29) is 12.3 Å². The molecule has 0 saturated carbocycles. The minimum Gasteiger partial charge on any atom is -0.458 e. The van der Waals surface area contributed by atoms with Crippen molar-refractivity contribution in [3.05, 3.63) is 29.8 Å². The maximum Gasteiger partial charge on any atom is 0.488 e. The van der Waals surface area contributed by atoms with Gasteiger partial charge in [-0.15, -0.1) is 0 Å². The summed E-state index contributed by atoms with van der Waals surface area (Å²) in [4.78, 5) is 24.6. The molecule has 7 nitrogen and oxygen atoms in total. The standard InChI is InChI=1S/C19H31BN2O5/c1-19(2,3)27-18(24)16(6-4-5-13-21)22-17(23)12-9-14-7-10-15(11-8-14)20(25)26/h7-8,10-11,16,25-26H,4-6,9,12-13,21H2,1-3H3,(H,22,23)/t16-/m0/s1. The molecule has 0 aliphatic heterocycles. The van der Waals surface area contributed by atoms with E-state index in [1.165, 1.54) is 0 Å². The first kappa shape index (κ1) is 23.1. The van der Waals surface area contributed by atoms with Crippen molar-refractivity contribution < 1.29 is 24.4 Å². The van der Waals surface area contributed by atoms with Crippen molar-refractivity contribution in [2.75, 3.05) is 6.54 Å². The molecular formula is C19H31BN2O5. The van der Waals surface area contributed by atoms with E-state index in [9.17, 15) is 9.59 Å². The number of benzene rings is 1. The Morgan fingerprint density at radius 3 is 2.33 bits per heavy atom. The van der Waals surface area contributed by atoms with Gasteiger partial charge in [0.25, 0.3) is 0 Å². The molecule has 8 heteroatoms. The van der Waals surface area contributed by atoms with E-state index in [4.69, 9.17) is 20.5 Å². The molecule has 0 saturated heterocycles. The van der Waals surface area contributed by atoms with Gasteiger partial charge >= 0.3 is 13.1 Å². The van der Waals surface area contributed by atoms with Crippen molar-refractivity contribution in [2.24, 2.45) is 5.73 Å². The summed E-state index contributed by atoms with van der Waals surface area (Å²) >= 11 is 0. The molecule has 0 bridgehead atoms. The van der Waals surface area contributed by atoms with E-state index in [1.54, 1.807) is 45.0 Å². The molecule has 0 heterocycles. The SMILES string of the molecule is CC(C)(C)OC(=O)[C@H](CCCCN)NC(=O)CCc1ccc(B(O)O)cc1. The average Bonchev–Trinajstić information content (AvgIpc) is 2.58. The normalized spacial score (nSPS) is 12.4. The number of nitrogens with two attached hydrogens (primary N) is 1. The van der Waals surface area contributed by atoms with Crippen LogP contribution in [0.3, 0.4) is 0 Å². The van der Waals surface area contributed by atoms with Gasteiger partial charge in [0, 0.05) is 6.42 Å². The van der Waals surface area contributed by atoms with Gasteiger partial charge in [0.05, 0.1) is 0 Å². The molecule has 150 valence electrons. The van der Waals surface area contributed by atoms with Crippen LogP contribution in [0.1, 0.15) is 52.0 Å². The van der Waals surface area contributed by atoms with Crippen molar-refractivity contribution >= 4 is 24.5 Å². The summed E-state index contributed by atoms with van der Waals surface area (Å²) < 4.78 is 5.40. The van der Waals surface area contributed by atoms with Crippen LogP contribution in [0, 0.1) is 0 Å². The predicted octanol–water partition coefficient (Wildman–Crippen LogP) is 0.255. The van der Waals surface area contributed by atoms with E-state index in [0.29, 0.717) is 24.8 Å². The molecule has 27 heavy (non-hydrogen) atoms. The summed E-state index contributed by atoms with van der Waals surface area (Å²) in [5.74, 6) is -0.668. The number of unbranched alkanes of at least 4 members (excludes halogenated alkanes) is 1. The molecule has 0 fully saturated rings. The zero-order valence-corrected chi connectivity index (χ0v) is 16.4. The maximum atomic E-state index is 12.3. The van der Waals surface area contributed by atoms with Crippen LogP contribution in [-0.2, 0) is 20.7 Å². The highest BCUT2D eigenvalue weighted by Gasteiger charge is 2.26. The Hall–Kier alpha value is -1.90. The summed E-state index contributed by atoms with van der Waals surface area (Å²) in [6, 6.07) is 6.02. The average molecular weight is 378 g/mol. The second kappa shape index (κ2) is 11.1. The summed E-state index contributed by atoms with van der Waals surface area (Å²) in [5.41, 5.74) is 6.17. The molecule has 5 N–H and O–H groups in total. The number of nitrogens with one attached hydrogen (secondary N) is 1. The minimum absolute atomic E-state index is 0.219. The van der Waals surface area contributed by atoms with Crippen molar-refractivity contribution in [2.45, 2.75) is 64.5 Å². The lowest BCUT2D eigenvalue weighted by atomic mass is 9.80. The fourth-order valence-electron chi connectivity index (χ4n) is 2.50. The highest BCUT2D eigenvalue weighted by molar-refractivity contribution is 6.58. The molecule has 1 aromatic carbocycles. The Morgan fingerprint density at radius 2 is 1.81 bits per heavy atom. The van der Waals surface area contributed by atoms with Gasteiger partial charge in [-0.25, -0.2) is 4.79 Å². The fourth-order valence-corrected chi connectivity index (χ4v) is 2.50. The quantitative estimate of drug-likeness (QED) is 0.263.